The van der Waals surface area contributed by atoms with Crippen molar-refractivity contribution in [1.29, 1.82) is 0 Å². The minimum absolute atomic E-state index is 0.147. The van der Waals surface area contributed by atoms with Gasteiger partial charge in [0.1, 0.15) is 6.54 Å². The molecule has 11 heteroatoms. The fourth-order valence-corrected chi connectivity index (χ4v) is 3.67. The molecule has 19 heavy (non-hydrogen) atoms. The lowest BCUT2D eigenvalue weighted by atomic mass is 10.2. The van der Waals surface area contributed by atoms with E-state index in [1.807, 2.05) is 0 Å². The second kappa shape index (κ2) is 5.48. The van der Waals surface area contributed by atoms with E-state index in [0.29, 0.717) is 6.26 Å². The smallest absolute Gasteiger partial charge is 0.373 e. The quantitative estimate of drug-likeness (QED) is 0.421. The molecule has 0 N–H and O–H groups in total. The topological polar surface area (TPSA) is 153 Å². The Balaban J connectivity index is 5.81. The second-order valence-corrected chi connectivity index (χ2v) is 8.33. The second-order valence-electron chi connectivity index (χ2n) is 5.14. The molecule has 0 heterocycles. The summed E-state index contributed by atoms with van der Waals surface area (Å²) in [6, 6.07) is 0. The third-order valence-corrected chi connectivity index (χ3v) is 4.32. The zero-order valence-electron chi connectivity index (χ0n) is 10.9. The molecule has 0 aromatic heterocycles. The summed E-state index contributed by atoms with van der Waals surface area (Å²) in [6.07, 6.45) is -0.678. The van der Waals surface area contributed by atoms with E-state index in [1.54, 1.807) is 0 Å². The molecule has 0 fully saturated rings. The summed E-state index contributed by atoms with van der Waals surface area (Å²) in [5.74, 6) is -1.85. The van der Waals surface area contributed by atoms with E-state index >= 15 is 0 Å². The number of carboxylic acid groups (broad SMARTS) is 1. The number of hydrogen-bond donors (Lipinski definition) is 0. The number of carboxylic acids is 1. The van der Waals surface area contributed by atoms with Crippen LogP contribution in [-0.4, -0.2) is 57.7 Å². The van der Waals surface area contributed by atoms with Gasteiger partial charge >= 0.3 is 4.93 Å². The molecule has 9 nitrogen and oxygen atoms in total. The van der Waals surface area contributed by atoms with Crippen molar-refractivity contribution < 1.29 is 51.3 Å². The first kappa shape index (κ1) is 18.5. The van der Waals surface area contributed by atoms with E-state index in [4.69, 9.17) is 0 Å². The molecule has 0 bridgehead atoms. The van der Waals surface area contributed by atoms with Crippen molar-refractivity contribution in [3.8, 4) is 0 Å². The summed E-state index contributed by atoms with van der Waals surface area (Å²) >= 11 is 0. The summed E-state index contributed by atoms with van der Waals surface area (Å²) in [6.45, 7) is -0.561. The minimum Gasteiger partial charge on any atom is -0.550 e. The van der Waals surface area contributed by atoms with Crippen LogP contribution in [0.2, 0.25) is 0 Å². The van der Waals surface area contributed by atoms with Crippen LogP contribution in [0.25, 0.3) is 0 Å². The Bertz CT molecular complexity index is 419. The Kier molecular flexibility index (Phi) is 5.34. The van der Waals surface area contributed by atoms with Crippen LogP contribution in [-0.2, 0) is 18.9 Å². The summed E-state index contributed by atoms with van der Waals surface area (Å²) in [7, 11) is -5.02. The fraction of sp³-hybridized carbons (Fsp3) is 0.875. The number of quaternary nitrogens is 1. The number of carbonyl (C=O) groups excluding carboxylic acids is 1. The van der Waals surface area contributed by atoms with Crippen LogP contribution in [0.4, 0.5) is 0 Å². The molecule has 0 aromatic carbocycles. The van der Waals surface area contributed by atoms with Crippen molar-refractivity contribution in [2.75, 3.05) is 33.9 Å². The van der Waals surface area contributed by atoms with E-state index in [2.05, 4.69) is 4.29 Å². The summed E-state index contributed by atoms with van der Waals surface area (Å²) in [5.41, 5.74) is 0. The largest absolute Gasteiger partial charge is 0.550 e. The Hall–Kier alpha value is -0.490. The number of likely N-dealkylation sites (N-methyl/N-ethyl adjacent to an activating group) is 1. The van der Waals surface area contributed by atoms with Crippen molar-refractivity contribution in [3.05, 3.63) is 0 Å². The minimum atomic E-state index is -5.12. The highest BCUT2D eigenvalue weighted by molar-refractivity contribution is 7.92. The maximum absolute atomic E-state index is 11.7. The van der Waals surface area contributed by atoms with Gasteiger partial charge in [0.15, 0.2) is 9.84 Å². The van der Waals surface area contributed by atoms with Gasteiger partial charge in [-0.1, -0.05) is 0 Å². The lowest BCUT2D eigenvalue weighted by Gasteiger charge is -2.34. The van der Waals surface area contributed by atoms with Crippen molar-refractivity contribution >= 4 is 15.8 Å². The molecule has 0 saturated heterocycles. The van der Waals surface area contributed by atoms with E-state index in [-0.39, 0.29) is 4.48 Å². The maximum Gasteiger partial charge on any atom is 0.373 e. The van der Waals surface area contributed by atoms with Crippen LogP contribution in [0.1, 0.15) is 6.42 Å². The molecular weight excluding hydrogens is 306 g/mol. The number of aliphatic carboxylic acids is 1. The van der Waals surface area contributed by atoms with Gasteiger partial charge in [-0.2, -0.15) is 14.0 Å². The molecule has 0 aliphatic heterocycles. The Morgan fingerprint density at radius 3 is 1.89 bits per heavy atom. The average Bonchev–Trinajstić information content (AvgIpc) is 1.91. The van der Waals surface area contributed by atoms with E-state index in [0.717, 1.165) is 0 Å². The number of nitrogens with zero attached hydrogens (tertiary/aromatic N) is 1. The summed E-state index contributed by atoms with van der Waals surface area (Å²) < 4.78 is 59.3. The molecular formula is C8H16ClNO8S. The molecule has 0 aliphatic carbocycles. The van der Waals surface area contributed by atoms with E-state index in [1.165, 1.54) is 21.1 Å². The van der Waals surface area contributed by atoms with Crippen molar-refractivity contribution in [2.24, 2.45) is 0 Å². The first-order chi connectivity index (χ1) is 8.08. The molecule has 0 rings (SSSR count). The SMILES string of the molecule is C[N+](C)(C)C[C@](CC(=O)[O-])(O[Cl+3]([O-])([O-])[O-])S(C)(=O)=O. The van der Waals surface area contributed by atoms with Gasteiger partial charge < -0.3 is 14.4 Å². The van der Waals surface area contributed by atoms with Gasteiger partial charge in [-0.05, 0) is 0 Å². The number of sulfone groups is 1. The molecule has 0 amide bonds. The van der Waals surface area contributed by atoms with Gasteiger partial charge in [-0.15, -0.1) is 0 Å². The third kappa shape index (κ3) is 6.47. The third-order valence-electron chi connectivity index (χ3n) is 2.04. The highest BCUT2D eigenvalue weighted by Gasteiger charge is 2.59. The number of carbonyl (C=O) groups is 1. The zero-order valence-corrected chi connectivity index (χ0v) is 12.5. The Morgan fingerprint density at radius 2 is 1.68 bits per heavy atom. The van der Waals surface area contributed by atoms with Gasteiger partial charge in [-0.3, -0.25) is 0 Å². The van der Waals surface area contributed by atoms with Crippen molar-refractivity contribution in [3.63, 3.8) is 0 Å². The standard InChI is InChI=1S/C8H16ClNO8S/c1-10(2,3)6-8(5-7(11)12,19(4,16)17)18-9(13,14)15/h5-6H2,1-4H3/t8-/m1/s1. The highest BCUT2D eigenvalue weighted by atomic mass is 35.7. The Labute approximate surface area is 113 Å². The van der Waals surface area contributed by atoms with Crippen LogP contribution in [0.3, 0.4) is 0 Å². The summed E-state index contributed by atoms with van der Waals surface area (Å²) in [5, 5.41) is 10.7. The first-order valence-electron chi connectivity index (χ1n) is 4.89. The van der Waals surface area contributed by atoms with Gasteiger partial charge in [0.25, 0.3) is 0 Å². The molecule has 0 spiro atoms. The van der Waals surface area contributed by atoms with Crippen LogP contribution in [0, 0.1) is 10.2 Å². The average molecular weight is 322 g/mol. The predicted octanol–water partition coefficient (Wildman–Crippen LogP) is -5.51. The number of rotatable bonds is 7. The predicted molar refractivity (Wildman–Crippen MR) is 51.2 cm³/mol. The molecule has 0 aliphatic rings. The molecule has 0 aromatic rings. The van der Waals surface area contributed by atoms with Crippen molar-refractivity contribution in [1.82, 2.24) is 0 Å². The monoisotopic (exact) mass is 321 g/mol. The normalized spacial score (nSPS) is 17.0. The van der Waals surface area contributed by atoms with Crippen LogP contribution in [0.5, 0.6) is 0 Å². The molecule has 1 atom stereocenters. The first-order valence-corrected chi connectivity index (χ1v) is 8.02. The maximum atomic E-state index is 11.7. The number of halogens is 1. The number of hydrogen-bond acceptors (Lipinski definition) is 8. The van der Waals surface area contributed by atoms with Gasteiger partial charge in [-0.25, -0.2) is 8.42 Å². The Morgan fingerprint density at radius 1 is 1.26 bits per heavy atom. The fourth-order valence-electron chi connectivity index (χ4n) is 1.53. The summed E-state index contributed by atoms with van der Waals surface area (Å²) in [4.78, 5) is 7.97. The highest BCUT2D eigenvalue weighted by Crippen LogP contribution is 2.28. The molecule has 0 saturated carbocycles. The van der Waals surface area contributed by atoms with Crippen LogP contribution < -0.4 is 19.1 Å². The van der Waals surface area contributed by atoms with Crippen molar-refractivity contribution in [2.45, 2.75) is 11.4 Å². The van der Waals surface area contributed by atoms with Gasteiger partial charge in [0, 0.05) is 12.2 Å². The molecule has 114 valence electrons. The van der Waals surface area contributed by atoms with E-state index in [9.17, 15) is 32.3 Å². The molecule has 0 unspecified atom stereocenters. The van der Waals surface area contributed by atoms with Crippen LogP contribution >= 0.6 is 0 Å². The van der Waals surface area contributed by atoms with Gasteiger partial charge in [0.05, 0.1) is 42.1 Å². The molecule has 0 radical (unpaired) electrons. The van der Waals surface area contributed by atoms with Crippen LogP contribution in [0.15, 0.2) is 0 Å². The van der Waals surface area contributed by atoms with E-state index < -0.39 is 43.9 Å². The van der Waals surface area contributed by atoms with Gasteiger partial charge in [0.2, 0.25) is 0 Å². The lowest BCUT2D eigenvalue weighted by molar-refractivity contribution is -1.92. The zero-order chi connectivity index (χ0) is 15.7. The lowest BCUT2D eigenvalue weighted by Crippen LogP contribution is -2.69.